The van der Waals surface area contributed by atoms with Gasteiger partial charge in [0.1, 0.15) is 0 Å². The van der Waals surface area contributed by atoms with Crippen LogP contribution in [0.5, 0.6) is 0 Å². The van der Waals surface area contributed by atoms with Gasteiger partial charge in [-0.15, -0.1) is 0 Å². The Labute approximate surface area is 41.0 Å². The van der Waals surface area contributed by atoms with Crippen molar-refractivity contribution in [2.45, 2.75) is 0 Å². The fraction of sp³-hybridized carbons (Fsp3) is 0. The predicted octanol–water partition coefficient (Wildman–Crippen LogP) is -1.34. The Balaban J connectivity index is 0. The molecular weight excluding hydrogens is 148 g/mol. The van der Waals surface area contributed by atoms with E-state index in [0.717, 1.165) is 0 Å². The Morgan fingerprint density at radius 3 is 1.00 bits per heavy atom. The molecule has 0 aliphatic rings. The third kappa shape index (κ3) is 124000. The van der Waals surface area contributed by atoms with E-state index in [9.17, 15) is 0 Å². The van der Waals surface area contributed by atoms with Gasteiger partial charge in [-0.3, -0.25) is 10.5 Å². The van der Waals surface area contributed by atoms with Crippen molar-refractivity contribution in [2.24, 2.45) is 0 Å². The zero-order valence-electron chi connectivity index (χ0n) is 3.01. The quantitative estimate of drug-likeness (QED) is 0.252. The summed E-state index contributed by atoms with van der Waals surface area (Å²) in [6.45, 7) is 0. The molecule has 0 aromatic carbocycles. The average Bonchev–Trinajstić information content (AvgIpc) is 1.36. The molecule has 0 atom stereocenters. The van der Waals surface area contributed by atoms with Gasteiger partial charge in [0, 0.05) is 0 Å². The monoisotopic (exact) mass is 152 g/mol. The van der Waals surface area contributed by atoms with E-state index in [-0.39, 0.29) is 0 Å². The van der Waals surface area contributed by atoms with Gasteiger partial charge in [-0.25, -0.2) is 0 Å². The Morgan fingerprint density at radius 2 is 1.00 bits per heavy atom. The second-order valence-electron chi connectivity index (χ2n) is 0.448. The molecule has 0 heterocycles. The fourth-order valence-electron chi connectivity index (χ4n) is 0. The summed E-state index contributed by atoms with van der Waals surface area (Å²) < 4.78 is 31.9. The SMILES string of the molecule is OO.[O]=[Cr](=[O])([OH])[OH]. The summed E-state index contributed by atoms with van der Waals surface area (Å²) in [4.78, 5) is 0. The molecule has 0 fully saturated rings. The molecule has 0 spiro atoms. The van der Waals surface area contributed by atoms with Gasteiger partial charge in [0.15, 0.2) is 0 Å². The van der Waals surface area contributed by atoms with E-state index in [1.165, 1.54) is 0 Å². The van der Waals surface area contributed by atoms with Crippen LogP contribution in [0.3, 0.4) is 0 Å². The molecule has 46 valence electrons. The first-order valence-electron chi connectivity index (χ1n) is 0.898. The van der Waals surface area contributed by atoms with Crippen LogP contribution in [0.15, 0.2) is 0 Å². The van der Waals surface area contributed by atoms with Gasteiger partial charge in [0.2, 0.25) is 0 Å². The molecule has 0 aliphatic heterocycles. The second-order valence-corrected chi connectivity index (χ2v) is 1.85. The van der Waals surface area contributed by atoms with Gasteiger partial charge in [-0.1, -0.05) is 0 Å². The number of rotatable bonds is 0. The van der Waals surface area contributed by atoms with E-state index in [1.54, 1.807) is 0 Å². The Kier molecular flexibility index (Phi) is 5.95. The molecule has 6 nitrogen and oxygen atoms in total. The van der Waals surface area contributed by atoms with Crippen molar-refractivity contribution in [2.75, 3.05) is 0 Å². The molecule has 0 rings (SSSR count). The first kappa shape index (κ1) is 10.1. The third-order valence-electron chi connectivity index (χ3n) is 0. The summed E-state index contributed by atoms with van der Waals surface area (Å²) in [5, 5.41) is 12.0. The normalized spacial score (nSPS) is 9.14. The topological polar surface area (TPSA) is 115 Å². The van der Waals surface area contributed by atoms with E-state index in [4.69, 9.17) is 26.4 Å². The first-order valence-corrected chi connectivity index (χ1v) is 3.08. The van der Waals surface area contributed by atoms with Gasteiger partial charge in [0.05, 0.1) is 0 Å². The Bertz CT molecular complexity index is 87.3. The molecule has 0 aromatic rings. The van der Waals surface area contributed by atoms with Gasteiger partial charge in [0.25, 0.3) is 0 Å². The summed E-state index contributed by atoms with van der Waals surface area (Å²) in [6.07, 6.45) is 0. The molecular formula is H4CrO6. The summed E-state index contributed by atoms with van der Waals surface area (Å²) in [5.74, 6) is 0. The van der Waals surface area contributed by atoms with Crippen LogP contribution in [0.1, 0.15) is 0 Å². The van der Waals surface area contributed by atoms with Crippen molar-refractivity contribution in [3.8, 4) is 0 Å². The second kappa shape index (κ2) is 4.14. The van der Waals surface area contributed by atoms with Gasteiger partial charge >= 0.3 is 29.5 Å². The number of hydrogen-bond donors (Lipinski definition) is 4. The van der Waals surface area contributed by atoms with Crippen molar-refractivity contribution in [3.63, 3.8) is 0 Å². The summed E-state index contributed by atoms with van der Waals surface area (Å²) in [6, 6.07) is 0. The van der Waals surface area contributed by atoms with Crippen LogP contribution in [0.4, 0.5) is 0 Å². The maximum atomic E-state index is 8.82. The van der Waals surface area contributed by atoms with Gasteiger partial charge in [-0.2, -0.15) is 0 Å². The summed E-state index contributed by atoms with van der Waals surface area (Å²) in [5.41, 5.74) is 0. The first-order chi connectivity index (χ1) is 3.00. The molecule has 7 heavy (non-hydrogen) atoms. The van der Waals surface area contributed by atoms with E-state index < -0.39 is 13.6 Å². The molecule has 0 unspecified atom stereocenters. The van der Waals surface area contributed by atoms with Crippen LogP contribution < -0.4 is 0 Å². The predicted molar refractivity (Wildman–Crippen MR) is 11.1 cm³/mol. The van der Waals surface area contributed by atoms with Crippen molar-refractivity contribution in [1.82, 2.24) is 0 Å². The van der Waals surface area contributed by atoms with Crippen LogP contribution in [0.25, 0.3) is 0 Å². The van der Waals surface area contributed by atoms with Crippen LogP contribution in [-0.2, 0) is 21.2 Å². The molecule has 0 radical (unpaired) electrons. The number of hydrogen-bond acceptors (Lipinski definition) is 4. The zero-order valence-corrected chi connectivity index (χ0v) is 4.29. The molecule has 0 saturated carbocycles. The molecule has 0 aromatic heterocycles. The fourth-order valence-corrected chi connectivity index (χ4v) is 0. The van der Waals surface area contributed by atoms with Crippen molar-refractivity contribution >= 4 is 0 Å². The molecule has 0 amide bonds. The minimum absolute atomic E-state index is 5.25. The van der Waals surface area contributed by atoms with Crippen LogP contribution in [-0.4, -0.2) is 18.8 Å². The maximum absolute atomic E-state index is 8.82. The van der Waals surface area contributed by atoms with E-state index in [2.05, 4.69) is 0 Å². The van der Waals surface area contributed by atoms with E-state index >= 15 is 0 Å². The van der Waals surface area contributed by atoms with Crippen LogP contribution >= 0.6 is 0 Å². The van der Waals surface area contributed by atoms with Crippen LogP contribution in [0.2, 0.25) is 0 Å². The molecule has 7 heteroatoms. The van der Waals surface area contributed by atoms with Crippen molar-refractivity contribution < 1.29 is 40.1 Å². The molecule has 0 aliphatic carbocycles. The minimum atomic E-state index is -5.25. The molecule has 0 bridgehead atoms. The Hall–Kier alpha value is -0.0275. The van der Waals surface area contributed by atoms with Crippen LogP contribution in [0, 0.1) is 0 Å². The Morgan fingerprint density at radius 1 is 1.00 bits per heavy atom. The van der Waals surface area contributed by atoms with Crippen molar-refractivity contribution in [1.29, 1.82) is 0 Å². The average molecular weight is 152 g/mol. The third-order valence-corrected chi connectivity index (χ3v) is 0. The standard InChI is InChI=1S/Cr.H2O2.2H2O.2O/c;1-2;;;;/h;1-2H;2*1H2;;/q+2;;;;;/p-2. The van der Waals surface area contributed by atoms with Gasteiger partial charge < -0.3 is 0 Å². The van der Waals surface area contributed by atoms with Gasteiger partial charge in [-0.05, 0) is 0 Å². The van der Waals surface area contributed by atoms with Crippen molar-refractivity contribution in [3.05, 3.63) is 0 Å². The molecule has 0 saturated heterocycles. The summed E-state index contributed by atoms with van der Waals surface area (Å²) >= 11 is -5.25. The van der Waals surface area contributed by atoms with E-state index in [0.29, 0.717) is 0 Å². The van der Waals surface area contributed by atoms with E-state index in [1.807, 2.05) is 0 Å². The molecule has 4 N–H and O–H groups in total. The zero-order chi connectivity index (χ0) is 6.50. The summed E-state index contributed by atoms with van der Waals surface area (Å²) in [7, 11) is 0.